The molecule has 0 saturated heterocycles. The monoisotopic (exact) mass is 928 g/mol. The predicted molar refractivity (Wildman–Crippen MR) is 301 cm³/mol. The molecule has 2 heterocycles. The summed E-state index contributed by atoms with van der Waals surface area (Å²) in [4.78, 5) is 2.60. The molecule has 2 heteroatoms. The molecule has 342 valence electrons. The highest BCUT2D eigenvalue weighted by Crippen LogP contribution is 2.63. The SMILES string of the molecule is CC1(C)c2ccccc2-c2c(N(c3ccc4c(c3)C(c3ccccc3)(c3ccccc3)c3ccccc3-4)c3ccc4c(c3)C3(c5ccccc5-4)c4ccccc4-n4c5ccccc5c5cccc3c54)cccc21. The summed E-state index contributed by atoms with van der Waals surface area (Å²) in [7, 11) is 0. The first-order chi connectivity index (χ1) is 36.0. The van der Waals surface area contributed by atoms with Gasteiger partial charge in [-0.25, -0.2) is 0 Å². The van der Waals surface area contributed by atoms with Gasteiger partial charge in [0.15, 0.2) is 0 Å². The maximum absolute atomic E-state index is 2.60. The Morgan fingerprint density at radius 2 is 0.808 bits per heavy atom. The van der Waals surface area contributed by atoms with E-state index in [1.807, 2.05) is 0 Å². The number of benzene rings is 11. The number of anilines is 3. The van der Waals surface area contributed by atoms with Gasteiger partial charge in [0.1, 0.15) is 0 Å². The van der Waals surface area contributed by atoms with Crippen molar-refractivity contribution in [2.75, 3.05) is 4.90 Å². The summed E-state index contributed by atoms with van der Waals surface area (Å²) in [6.07, 6.45) is 0. The number of nitrogens with zero attached hydrogens (tertiary/aromatic N) is 2. The normalized spacial score (nSPS) is 16.4. The van der Waals surface area contributed by atoms with Crippen molar-refractivity contribution < 1.29 is 0 Å². The van der Waals surface area contributed by atoms with Gasteiger partial charge in [-0.15, -0.1) is 0 Å². The quantitative estimate of drug-likeness (QED) is 0.167. The molecule has 1 atom stereocenters. The highest BCUT2D eigenvalue weighted by Gasteiger charge is 2.52. The van der Waals surface area contributed by atoms with Gasteiger partial charge in [-0.05, 0) is 126 Å². The molecule has 0 amide bonds. The first kappa shape index (κ1) is 40.7. The van der Waals surface area contributed by atoms with Crippen LogP contribution in [-0.4, -0.2) is 4.57 Å². The number of hydrogen-bond acceptors (Lipinski definition) is 1. The molecule has 1 unspecified atom stereocenters. The van der Waals surface area contributed by atoms with Crippen molar-refractivity contribution in [3.63, 3.8) is 0 Å². The molecule has 4 aliphatic rings. The van der Waals surface area contributed by atoms with Crippen molar-refractivity contribution in [1.29, 1.82) is 0 Å². The molecule has 0 bridgehead atoms. The molecule has 11 aromatic carbocycles. The van der Waals surface area contributed by atoms with E-state index in [0.29, 0.717) is 0 Å². The largest absolute Gasteiger partial charge is 0.310 e. The van der Waals surface area contributed by atoms with Gasteiger partial charge in [0.2, 0.25) is 0 Å². The Morgan fingerprint density at radius 1 is 0.329 bits per heavy atom. The highest BCUT2D eigenvalue weighted by atomic mass is 15.1. The molecule has 3 aliphatic carbocycles. The van der Waals surface area contributed by atoms with Gasteiger partial charge in [-0.1, -0.05) is 226 Å². The van der Waals surface area contributed by atoms with E-state index in [9.17, 15) is 0 Å². The van der Waals surface area contributed by atoms with E-state index in [-0.39, 0.29) is 5.41 Å². The first-order valence-electron chi connectivity index (χ1n) is 25.8. The van der Waals surface area contributed by atoms with Crippen molar-refractivity contribution in [3.8, 4) is 39.1 Å². The zero-order valence-corrected chi connectivity index (χ0v) is 40.6. The molecule has 0 N–H and O–H groups in total. The van der Waals surface area contributed by atoms with Crippen molar-refractivity contribution in [2.24, 2.45) is 0 Å². The maximum atomic E-state index is 2.60. The number of fused-ring (bicyclic) bond motifs is 18. The summed E-state index contributed by atoms with van der Waals surface area (Å²) < 4.78 is 2.54. The Labute approximate surface area is 425 Å². The molecule has 2 nitrogen and oxygen atoms in total. The average Bonchev–Trinajstić information content (AvgIpc) is 4.13. The smallest absolute Gasteiger partial charge is 0.0755 e. The standard InChI is InChI=1S/C71H48N2/c1-69(2)56-30-13-11-28-55(56)67-60(69)34-20-38-66(67)72(47-39-41-51-49-25-9-14-31-57(49)70(62(51)43-47,45-21-5-3-6-22-45)46-23-7-4-8-24-46)48-40-42-52-50-26-10-15-32-58(50)71(63(52)44-48)59-33-16-18-37-65(59)73-64-36-17-12-27-53(64)54-29-19-35-61(71)68(54)73/h3-44H,1-2H3. The molecule has 1 aliphatic heterocycles. The summed E-state index contributed by atoms with van der Waals surface area (Å²) in [5, 5.41) is 2.56. The van der Waals surface area contributed by atoms with Gasteiger partial charge in [0.05, 0.1) is 33.2 Å². The highest BCUT2D eigenvalue weighted by molar-refractivity contribution is 6.13. The van der Waals surface area contributed by atoms with E-state index >= 15 is 0 Å². The number of para-hydroxylation sites is 3. The molecule has 12 aromatic rings. The fourth-order valence-electron chi connectivity index (χ4n) is 14.6. The van der Waals surface area contributed by atoms with Crippen molar-refractivity contribution >= 4 is 38.9 Å². The maximum Gasteiger partial charge on any atom is 0.0755 e. The number of hydrogen-bond donors (Lipinski definition) is 0. The van der Waals surface area contributed by atoms with Crippen LogP contribution < -0.4 is 4.90 Å². The Balaban J connectivity index is 1.02. The van der Waals surface area contributed by atoms with Crippen LogP contribution in [-0.2, 0) is 16.2 Å². The number of aromatic nitrogens is 1. The van der Waals surface area contributed by atoms with Crippen LogP contribution in [0.4, 0.5) is 17.1 Å². The lowest BCUT2D eigenvalue weighted by Crippen LogP contribution is -2.33. The molecule has 1 aromatic heterocycles. The second kappa shape index (κ2) is 14.6. The Bertz CT molecular complexity index is 4270. The molecule has 16 rings (SSSR count). The fraction of sp³-hybridized carbons (Fsp3) is 0.0704. The molecular formula is C71H48N2. The van der Waals surface area contributed by atoms with E-state index in [4.69, 9.17) is 0 Å². The van der Waals surface area contributed by atoms with E-state index in [1.165, 1.54) is 122 Å². The van der Waals surface area contributed by atoms with Gasteiger partial charge in [-0.2, -0.15) is 0 Å². The third-order valence-electron chi connectivity index (χ3n) is 17.5. The van der Waals surface area contributed by atoms with Crippen molar-refractivity contribution in [2.45, 2.75) is 30.1 Å². The minimum absolute atomic E-state index is 0.185. The second-order valence-corrected chi connectivity index (χ2v) is 21.1. The number of rotatable bonds is 5. The molecule has 0 radical (unpaired) electrons. The minimum Gasteiger partial charge on any atom is -0.310 e. The van der Waals surface area contributed by atoms with Crippen molar-refractivity contribution in [1.82, 2.24) is 4.57 Å². The lowest BCUT2D eigenvalue weighted by atomic mass is 9.65. The summed E-state index contributed by atoms with van der Waals surface area (Å²) in [6, 6.07) is 96.7. The predicted octanol–water partition coefficient (Wildman–Crippen LogP) is 17.6. The van der Waals surface area contributed by atoms with E-state index in [0.717, 1.165) is 11.4 Å². The minimum atomic E-state index is -0.601. The Kier molecular flexibility index (Phi) is 8.12. The van der Waals surface area contributed by atoms with Crippen LogP contribution in [0.25, 0.3) is 60.9 Å². The third kappa shape index (κ3) is 5.03. The summed E-state index contributed by atoms with van der Waals surface area (Å²) >= 11 is 0. The van der Waals surface area contributed by atoms with Crippen LogP contribution >= 0.6 is 0 Å². The fourth-order valence-corrected chi connectivity index (χ4v) is 14.6. The molecule has 0 fully saturated rings. The molecule has 0 saturated carbocycles. The van der Waals surface area contributed by atoms with Gasteiger partial charge < -0.3 is 9.47 Å². The summed E-state index contributed by atoms with van der Waals surface area (Å²) in [6.45, 7) is 4.78. The topological polar surface area (TPSA) is 8.17 Å². The molecule has 73 heavy (non-hydrogen) atoms. The summed E-state index contributed by atoms with van der Waals surface area (Å²) in [5.41, 5.74) is 26.6. The van der Waals surface area contributed by atoms with Crippen LogP contribution in [0.5, 0.6) is 0 Å². The van der Waals surface area contributed by atoms with Crippen LogP contribution in [0.15, 0.2) is 255 Å². The van der Waals surface area contributed by atoms with E-state index in [2.05, 4.69) is 278 Å². The molecule has 1 spiro atoms. The zero-order valence-electron chi connectivity index (χ0n) is 40.6. The van der Waals surface area contributed by atoms with Crippen LogP contribution in [0.1, 0.15) is 69.5 Å². The Morgan fingerprint density at radius 3 is 1.49 bits per heavy atom. The first-order valence-corrected chi connectivity index (χ1v) is 25.8. The summed E-state index contributed by atoms with van der Waals surface area (Å²) in [5.74, 6) is 0. The molecular weight excluding hydrogens is 881 g/mol. The Hall–Kier alpha value is -8.98. The van der Waals surface area contributed by atoms with Gasteiger partial charge in [0, 0.05) is 33.1 Å². The van der Waals surface area contributed by atoms with E-state index in [1.54, 1.807) is 0 Å². The van der Waals surface area contributed by atoms with E-state index < -0.39 is 10.8 Å². The van der Waals surface area contributed by atoms with Gasteiger partial charge in [-0.3, -0.25) is 0 Å². The average molecular weight is 929 g/mol. The van der Waals surface area contributed by atoms with Crippen LogP contribution in [0.3, 0.4) is 0 Å². The second-order valence-electron chi connectivity index (χ2n) is 21.1. The lowest BCUT2D eigenvalue weighted by molar-refractivity contribution is 0.660. The van der Waals surface area contributed by atoms with Crippen LogP contribution in [0, 0.1) is 0 Å². The van der Waals surface area contributed by atoms with Crippen LogP contribution in [0.2, 0.25) is 0 Å². The van der Waals surface area contributed by atoms with Gasteiger partial charge in [0.25, 0.3) is 0 Å². The zero-order chi connectivity index (χ0) is 48.2. The van der Waals surface area contributed by atoms with Gasteiger partial charge >= 0.3 is 0 Å². The van der Waals surface area contributed by atoms with Crippen molar-refractivity contribution in [3.05, 3.63) is 310 Å². The lowest BCUT2D eigenvalue weighted by Gasteiger charge is -2.40. The third-order valence-corrected chi connectivity index (χ3v) is 17.5.